The lowest BCUT2D eigenvalue weighted by Gasteiger charge is -2.28. The highest BCUT2D eigenvalue weighted by atomic mass is 32.2. The number of sulfonamides is 1. The molecule has 1 aromatic heterocycles. The maximum Gasteiger partial charge on any atom is 0.238 e. The normalized spacial score (nSPS) is 17.1. The van der Waals surface area contributed by atoms with Crippen LogP contribution in [-0.2, 0) is 34.0 Å². The first-order chi connectivity index (χ1) is 16.3. The van der Waals surface area contributed by atoms with E-state index in [0.29, 0.717) is 22.7 Å². The number of fused-ring (bicyclic) bond motifs is 1. The number of nitrogens with zero attached hydrogens (tertiary/aromatic N) is 3. The Morgan fingerprint density at radius 1 is 1.09 bits per heavy atom. The van der Waals surface area contributed by atoms with Gasteiger partial charge in [-0.3, -0.25) is 0 Å². The highest BCUT2D eigenvalue weighted by Gasteiger charge is 2.33. The smallest absolute Gasteiger partial charge is 0.238 e. The zero-order valence-corrected chi connectivity index (χ0v) is 20.3. The number of aryl methyl sites for hydroxylation is 1. The summed E-state index contributed by atoms with van der Waals surface area (Å²) in [5.41, 5.74) is 4.76. The summed E-state index contributed by atoms with van der Waals surface area (Å²) >= 11 is 0. The molecule has 4 N–H and O–H groups in total. The summed E-state index contributed by atoms with van der Waals surface area (Å²) < 4.78 is 37.8. The van der Waals surface area contributed by atoms with Crippen molar-refractivity contribution in [2.45, 2.75) is 42.9 Å². The van der Waals surface area contributed by atoms with Crippen LogP contribution in [0.25, 0.3) is 0 Å². The molecule has 3 aromatic rings. The minimum Gasteiger partial charge on any atom is -0.340 e. The molecule has 0 spiro atoms. The van der Waals surface area contributed by atoms with Crippen LogP contribution in [0.5, 0.6) is 0 Å². The van der Waals surface area contributed by atoms with Crippen LogP contribution in [0.15, 0.2) is 53.6 Å². The first-order valence-electron chi connectivity index (χ1n) is 11.0. The summed E-state index contributed by atoms with van der Waals surface area (Å²) in [5.74, 6) is 0.975. The van der Waals surface area contributed by atoms with Crippen molar-refractivity contribution in [1.82, 2.24) is 14.3 Å². The quantitative estimate of drug-likeness (QED) is 0.456. The van der Waals surface area contributed by atoms with E-state index in [2.05, 4.69) is 37.0 Å². The topological polar surface area (TPSA) is 130 Å². The molecule has 2 aliphatic rings. The Kier molecular flexibility index (Phi) is 6.11. The number of nitrogens with one attached hydrogen (secondary N) is 2. The van der Waals surface area contributed by atoms with Crippen LogP contribution in [0.4, 0.5) is 23.1 Å². The van der Waals surface area contributed by atoms with Crippen molar-refractivity contribution in [1.29, 1.82) is 0 Å². The van der Waals surface area contributed by atoms with Crippen molar-refractivity contribution in [2.75, 3.05) is 17.2 Å². The summed E-state index contributed by atoms with van der Waals surface area (Å²) in [6.45, 7) is 3.44. The fourth-order valence-electron chi connectivity index (χ4n) is 3.88. The molecule has 5 rings (SSSR count). The van der Waals surface area contributed by atoms with Gasteiger partial charge in [0.2, 0.25) is 16.0 Å². The summed E-state index contributed by atoms with van der Waals surface area (Å²) in [7, 11) is -4.67. The molecule has 2 aromatic carbocycles. The van der Waals surface area contributed by atoms with Gasteiger partial charge in [0.15, 0.2) is 0 Å². The third-order valence-electron chi connectivity index (χ3n) is 5.90. The van der Waals surface area contributed by atoms with Gasteiger partial charge in [-0.05, 0) is 67.6 Å². The minimum atomic E-state index is -3.80. The second-order valence-corrected chi connectivity index (χ2v) is 11.9. The molecule has 1 saturated carbocycles. The second-order valence-electron chi connectivity index (χ2n) is 8.62. The van der Waals surface area contributed by atoms with E-state index in [1.807, 2.05) is 13.0 Å². The molecule has 1 unspecified atom stereocenters. The van der Waals surface area contributed by atoms with Gasteiger partial charge in [0.1, 0.15) is 5.82 Å². The number of hydrogen-bond acceptors (Lipinski definition) is 7. The molecule has 0 radical (unpaired) electrons. The van der Waals surface area contributed by atoms with Crippen molar-refractivity contribution in [2.24, 2.45) is 5.14 Å². The van der Waals surface area contributed by atoms with Crippen molar-refractivity contribution in [3.8, 4) is 0 Å². The Hall–Kier alpha value is -2.86. The second kappa shape index (κ2) is 9.06. The molecule has 11 heteroatoms. The highest BCUT2D eigenvalue weighted by molar-refractivity contribution is 7.89. The minimum absolute atomic E-state index is 0.0107. The molecule has 0 saturated heterocycles. The van der Waals surface area contributed by atoms with Crippen LogP contribution in [0, 0.1) is 6.92 Å². The number of nitrogens with two attached hydrogens (primary N) is 1. The lowest BCUT2D eigenvalue weighted by molar-refractivity contribution is 0.420. The van der Waals surface area contributed by atoms with E-state index in [4.69, 9.17) is 5.14 Å². The number of rotatable bonds is 7. The third-order valence-corrected chi connectivity index (χ3v) is 8.67. The Labute approximate surface area is 201 Å². The molecule has 1 atom stereocenters. The Morgan fingerprint density at radius 2 is 1.88 bits per heavy atom. The van der Waals surface area contributed by atoms with Gasteiger partial charge in [0.25, 0.3) is 0 Å². The number of aromatic nitrogens is 2. The Bertz CT molecular complexity index is 1370. The van der Waals surface area contributed by atoms with E-state index < -0.39 is 21.0 Å². The molecule has 0 amide bonds. The third kappa shape index (κ3) is 5.12. The monoisotopic (exact) mass is 498 g/mol. The predicted octanol–water partition coefficient (Wildman–Crippen LogP) is 3.10. The van der Waals surface area contributed by atoms with Crippen molar-refractivity contribution < 1.29 is 12.6 Å². The van der Waals surface area contributed by atoms with Gasteiger partial charge >= 0.3 is 0 Å². The lowest BCUT2D eigenvalue weighted by Crippen LogP contribution is -2.33. The van der Waals surface area contributed by atoms with E-state index in [0.717, 1.165) is 43.6 Å². The summed E-state index contributed by atoms with van der Waals surface area (Å²) in [4.78, 5) is 8.88. The maximum atomic E-state index is 12.5. The molecule has 9 nitrogen and oxygen atoms in total. The van der Waals surface area contributed by atoms with E-state index in [1.165, 1.54) is 23.3 Å². The standard InChI is InChI=1S/C23H26N6O3S2/c1-15-13-25-23(27-18-3-2-4-21(12-18)34(24,31)32)28-22(15)26-19-6-5-17-14-29(10-9-16(17)11-19)33(30)20-7-8-20/h2-6,11-13,20H,7-10,14H2,1H3,(H2,24,31,32)(H2,25,26,27,28). The summed E-state index contributed by atoms with van der Waals surface area (Å²) in [6, 6.07) is 12.4. The van der Waals surface area contributed by atoms with Gasteiger partial charge in [-0.1, -0.05) is 12.1 Å². The zero-order chi connectivity index (χ0) is 23.9. The van der Waals surface area contributed by atoms with E-state index in [-0.39, 0.29) is 4.90 Å². The van der Waals surface area contributed by atoms with Crippen LogP contribution in [0.1, 0.15) is 29.5 Å². The number of anilines is 4. The van der Waals surface area contributed by atoms with Crippen LogP contribution in [0.2, 0.25) is 0 Å². The largest absolute Gasteiger partial charge is 0.340 e. The number of hydrogen-bond donors (Lipinski definition) is 3. The van der Waals surface area contributed by atoms with Gasteiger partial charge in [-0.15, -0.1) is 0 Å². The SMILES string of the molecule is Cc1cnc(Nc2cccc(S(N)(=O)=O)c2)nc1Nc1ccc2c(c1)CCN(S(=O)C1CC1)C2. The molecule has 2 heterocycles. The van der Waals surface area contributed by atoms with Gasteiger partial charge in [0.05, 0.1) is 15.9 Å². The first kappa shape index (κ1) is 22.9. The van der Waals surface area contributed by atoms with E-state index in [9.17, 15) is 12.6 Å². The fraction of sp³-hybridized carbons (Fsp3) is 0.304. The molecule has 34 heavy (non-hydrogen) atoms. The van der Waals surface area contributed by atoms with Crippen molar-refractivity contribution in [3.05, 3.63) is 65.4 Å². The fourth-order valence-corrected chi connectivity index (χ4v) is 5.94. The van der Waals surface area contributed by atoms with E-state index in [1.54, 1.807) is 18.3 Å². The van der Waals surface area contributed by atoms with Crippen molar-refractivity contribution in [3.63, 3.8) is 0 Å². The zero-order valence-electron chi connectivity index (χ0n) is 18.7. The number of benzene rings is 2. The molecule has 1 fully saturated rings. The van der Waals surface area contributed by atoms with Gasteiger partial charge in [-0.25, -0.2) is 27.1 Å². The van der Waals surface area contributed by atoms with E-state index >= 15 is 0 Å². The molecule has 0 bridgehead atoms. The first-order valence-corrected chi connectivity index (χ1v) is 13.8. The summed E-state index contributed by atoms with van der Waals surface area (Å²) in [5, 5.41) is 12.0. The van der Waals surface area contributed by atoms with Crippen LogP contribution >= 0.6 is 0 Å². The average Bonchev–Trinajstić information content (AvgIpc) is 3.66. The molecule has 178 valence electrons. The molecular weight excluding hydrogens is 472 g/mol. The lowest BCUT2D eigenvalue weighted by atomic mass is 10.0. The predicted molar refractivity (Wildman–Crippen MR) is 133 cm³/mol. The number of primary sulfonamides is 1. The Morgan fingerprint density at radius 3 is 2.65 bits per heavy atom. The average molecular weight is 499 g/mol. The highest BCUT2D eigenvalue weighted by Crippen LogP contribution is 2.32. The maximum absolute atomic E-state index is 12.5. The molecule has 1 aliphatic heterocycles. The van der Waals surface area contributed by atoms with Crippen LogP contribution in [-0.4, -0.2) is 38.7 Å². The van der Waals surface area contributed by atoms with Gasteiger partial charge < -0.3 is 10.6 Å². The van der Waals surface area contributed by atoms with Crippen molar-refractivity contribution >= 4 is 44.1 Å². The molecular formula is C23H26N6O3S2. The van der Waals surface area contributed by atoms with Gasteiger partial charge in [-0.2, -0.15) is 4.98 Å². The van der Waals surface area contributed by atoms with Gasteiger partial charge in [0, 0.05) is 41.5 Å². The molecule has 1 aliphatic carbocycles. The Balaban J connectivity index is 1.32. The van der Waals surface area contributed by atoms with Crippen LogP contribution in [0.3, 0.4) is 0 Å². The van der Waals surface area contributed by atoms with Crippen LogP contribution < -0.4 is 15.8 Å². The summed E-state index contributed by atoms with van der Waals surface area (Å²) in [6.07, 6.45) is 4.71.